The summed E-state index contributed by atoms with van der Waals surface area (Å²) in [6.07, 6.45) is 0.192. The number of ether oxygens (including phenoxy) is 2. The SMILES string of the molecule is CCOCCOc1ccc(NC(=O)Cc2ccccc2Nc2c(Cl)cccc2Cl)cc1. The van der Waals surface area contributed by atoms with Gasteiger partial charge in [-0.2, -0.15) is 0 Å². The van der Waals surface area contributed by atoms with Crippen molar-refractivity contribution in [2.24, 2.45) is 0 Å². The van der Waals surface area contributed by atoms with Gasteiger partial charge in [0.25, 0.3) is 0 Å². The van der Waals surface area contributed by atoms with Crippen molar-refractivity contribution in [3.8, 4) is 5.75 Å². The molecule has 0 unspecified atom stereocenters. The summed E-state index contributed by atoms with van der Waals surface area (Å²) in [5, 5.41) is 7.17. The van der Waals surface area contributed by atoms with Gasteiger partial charge < -0.3 is 20.1 Å². The van der Waals surface area contributed by atoms with Gasteiger partial charge in [0.15, 0.2) is 0 Å². The molecule has 0 heterocycles. The molecule has 0 atom stereocenters. The van der Waals surface area contributed by atoms with E-state index in [1.165, 1.54) is 0 Å². The largest absolute Gasteiger partial charge is 0.491 e. The molecule has 2 N–H and O–H groups in total. The predicted octanol–water partition coefficient (Wildman–Crippen LogP) is 6.33. The highest BCUT2D eigenvalue weighted by molar-refractivity contribution is 6.39. The van der Waals surface area contributed by atoms with Crippen LogP contribution in [-0.4, -0.2) is 25.7 Å². The Morgan fingerprint density at radius 1 is 0.903 bits per heavy atom. The lowest BCUT2D eigenvalue weighted by Gasteiger charge is -2.14. The predicted molar refractivity (Wildman–Crippen MR) is 127 cm³/mol. The molecule has 1 amide bonds. The summed E-state index contributed by atoms with van der Waals surface area (Å²) in [6.45, 7) is 3.64. The van der Waals surface area contributed by atoms with E-state index >= 15 is 0 Å². The summed E-state index contributed by atoms with van der Waals surface area (Å²) in [4.78, 5) is 12.6. The zero-order valence-electron chi connectivity index (χ0n) is 17.2. The number of hydrogen-bond donors (Lipinski definition) is 2. The number of hydrogen-bond acceptors (Lipinski definition) is 4. The van der Waals surface area contributed by atoms with E-state index in [1.807, 2.05) is 55.5 Å². The second-order valence-electron chi connectivity index (χ2n) is 6.67. The van der Waals surface area contributed by atoms with Crippen LogP contribution in [0.1, 0.15) is 12.5 Å². The fourth-order valence-electron chi connectivity index (χ4n) is 2.92. The summed E-state index contributed by atoms with van der Waals surface area (Å²) >= 11 is 12.5. The molecule has 31 heavy (non-hydrogen) atoms. The van der Waals surface area contributed by atoms with Gasteiger partial charge in [0.2, 0.25) is 5.91 Å². The standard InChI is InChI=1S/C24H24Cl2N2O3/c1-2-30-14-15-31-19-12-10-18(11-13-19)27-23(29)16-17-6-3-4-9-22(17)28-24-20(25)7-5-8-21(24)26/h3-13,28H,2,14-16H2,1H3,(H,27,29). The molecule has 0 bridgehead atoms. The lowest BCUT2D eigenvalue weighted by Crippen LogP contribution is -2.15. The van der Waals surface area contributed by atoms with Crippen LogP contribution in [0.25, 0.3) is 0 Å². The first-order valence-corrected chi connectivity index (χ1v) is 10.7. The fourth-order valence-corrected chi connectivity index (χ4v) is 3.42. The molecule has 0 aromatic heterocycles. The number of amides is 1. The molecule has 162 valence electrons. The highest BCUT2D eigenvalue weighted by atomic mass is 35.5. The summed E-state index contributed by atoms with van der Waals surface area (Å²) < 4.78 is 10.8. The maximum absolute atomic E-state index is 12.6. The van der Waals surface area contributed by atoms with Crippen molar-refractivity contribution in [3.63, 3.8) is 0 Å². The van der Waals surface area contributed by atoms with Crippen molar-refractivity contribution in [1.82, 2.24) is 0 Å². The van der Waals surface area contributed by atoms with Crippen molar-refractivity contribution in [1.29, 1.82) is 0 Å². The van der Waals surface area contributed by atoms with Crippen LogP contribution in [0.3, 0.4) is 0 Å². The van der Waals surface area contributed by atoms with E-state index < -0.39 is 0 Å². The Labute approximate surface area is 192 Å². The van der Waals surface area contributed by atoms with E-state index in [0.29, 0.717) is 41.2 Å². The minimum absolute atomic E-state index is 0.135. The van der Waals surface area contributed by atoms with Crippen molar-refractivity contribution in [3.05, 3.63) is 82.3 Å². The molecule has 7 heteroatoms. The highest BCUT2D eigenvalue weighted by Gasteiger charge is 2.11. The first-order valence-electron chi connectivity index (χ1n) is 9.96. The van der Waals surface area contributed by atoms with E-state index in [4.69, 9.17) is 32.7 Å². The third-order valence-corrected chi connectivity index (χ3v) is 5.06. The van der Waals surface area contributed by atoms with E-state index in [9.17, 15) is 4.79 Å². The maximum atomic E-state index is 12.6. The molecule has 0 aliphatic rings. The number of anilines is 3. The number of carbonyl (C=O) groups is 1. The average molecular weight is 459 g/mol. The first-order chi connectivity index (χ1) is 15.1. The number of nitrogens with one attached hydrogen (secondary N) is 2. The van der Waals surface area contributed by atoms with Crippen LogP contribution >= 0.6 is 23.2 Å². The van der Waals surface area contributed by atoms with Crippen LogP contribution in [0, 0.1) is 0 Å². The summed E-state index contributed by atoms with van der Waals surface area (Å²) in [6, 6.07) is 20.1. The number of benzene rings is 3. The van der Waals surface area contributed by atoms with Gasteiger partial charge >= 0.3 is 0 Å². The Hall–Kier alpha value is -2.73. The molecule has 3 aromatic rings. The van der Waals surface area contributed by atoms with E-state index in [-0.39, 0.29) is 12.3 Å². The molecule has 0 spiro atoms. The molecule has 3 aromatic carbocycles. The minimum Gasteiger partial charge on any atom is -0.491 e. The second-order valence-corrected chi connectivity index (χ2v) is 7.49. The van der Waals surface area contributed by atoms with Gasteiger partial charge in [-0.15, -0.1) is 0 Å². The number of carbonyl (C=O) groups excluding carboxylic acids is 1. The Morgan fingerprint density at radius 3 is 2.32 bits per heavy atom. The monoisotopic (exact) mass is 458 g/mol. The Morgan fingerprint density at radius 2 is 1.61 bits per heavy atom. The van der Waals surface area contributed by atoms with Crippen LogP contribution < -0.4 is 15.4 Å². The van der Waals surface area contributed by atoms with Crippen molar-refractivity contribution in [2.75, 3.05) is 30.5 Å². The smallest absolute Gasteiger partial charge is 0.228 e. The van der Waals surface area contributed by atoms with Crippen LogP contribution in [0.5, 0.6) is 5.75 Å². The van der Waals surface area contributed by atoms with Gasteiger partial charge in [-0.1, -0.05) is 47.5 Å². The number of halogens is 2. The zero-order chi connectivity index (χ0) is 22.1. The number of rotatable bonds is 10. The van der Waals surface area contributed by atoms with Crippen LogP contribution in [0.4, 0.5) is 17.1 Å². The van der Waals surface area contributed by atoms with Gasteiger partial charge in [-0.25, -0.2) is 0 Å². The highest BCUT2D eigenvalue weighted by Crippen LogP contribution is 2.33. The Kier molecular flexibility index (Phi) is 8.59. The van der Waals surface area contributed by atoms with Crippen molar-refractivity contribution in [2.45, 2.75) is 13.3 Å². The zero-order valence-corrected chi connectivity index (χ0v) is 18.7. The van der Waals surface area contributed by atoms with E-state index in [0.717, 1.165) is 17.0 Å². The topological polar surface area (TPSA) is 59.6 Å². The molecule has 5 nitrogen and oxygen atoms in total. The normalized spacial score (nSPS) is 10.5. The summed E-state index contributed by atoms with van der Waals surface area (Å²) in [5.41, 5.74) is 2.90. The quantitative estimate of drug-likeness (QED) is 0.348. The molecule has 0 aliphatic heterocycles. The van der Waals surface area contributed by atoms with Crippen LogP contribution in [0.2, 0.25) is 10.0 Å². The second kappa shape index (κ2) is 11.6. The lowest BCUT2D eigenvalue weighted by atomic mass is 10.1. The molecule has 0 aliphatic carbocycles. The maximum Gasteiger partial charge on any atom is 0.228 e. The van der Waals surface area contributed by atoms with Crippen molar-refractivity contribution < 1.29 is 14.3 Å². The third-order valence-electron chi connectivity index (χ3n) is 4.43. The molecule has 0 saturated heterocycles. The molecule has 0 fully saturated rings. The van der Waals surface area contributed by atoms with Gasteiger partial charge in [0.1, 0.15) is 12.4 Å². The van der Waals surface area contributed by atoms with E-state index in [1.54, 1.807) is 18.2 Å². The van der Waals surface area contributed by atoms with Crippen LogP contribution in [0.15, 0.2) is 66.7 Å². The third kappa shape index (κ3) is 6.89. The fraction of sp³-hybridized carbons (Fsp3) is 0.208. The van der Waals surface area contributed by atoms with Gasteiger partial charge in [-0.05, 0) is 55.0 Å². The minimum atomic E-state index is -0.135. The summed E-state index contributed by atoms with van der Waals surface area (Å²) in [5.74, 6) is 0.591. The van der Waals surface area contributed by atoms with Gasteiger partial charge in [0.05, 0.1) is 28.8 Å². The average Bonchev–Trinajstić information content (AvgIpc) is 2.76. The molecule has 0 saturated carbocycles. The van der Waals surface area contributed by atoms with E-state index in [2.05, 4.69) is 10.6 Å². The molecular formula is C24H24Cl2N2O3. The van der Waals surface area contributed by atoms with Crippen LogP contribution in [-0.2, 0) is 16.0 Å². The van der Waals surface area contributed by atoms with Crippen molar-refractivity contribution >= 4 is 46.2 Å². The van der Waals surface area contributed by atoms with Gasteiger partial charge in [0, 0.05) is 18.0 Å². The summed E-state index contributed by atoms with van der Waals surface area (Å²) in [7, 11) is 0. The van der Waals surface area contributed by atoms with Gasteiger partial charge in [-0.3, -0.25) is 4.79 Å². The Bertz CT molecular complexity index is 990. The molecule has 3 rings (SSSR count). The lowest BCUT2D eigenvalue weighted by molar-refractivity contribution is -0.115. The first kappa shape index (κ1) is 22.9. The number of para-hydroxylation sites is 2. The Balaban J connectivity index is 1.61. The molecular weight excluding hydrogens is 435 g/mol. The molecule has 0 radical (unpaired) electrons.